The highest BCUT2D eigenvalue weighted by Gasteiger charge is 2.02. The largest absolute Gasteiger partial charge is 0.326 e. The minimum absolute atomic E-state index is 0.0125. The minimum Gasteiger partial charge on any atom is -0.326 e. The van der Waals surface area contributed by atoms with Gasteiger partial charge in [0.1, 0.15) is 5.82 Å². The number of anilines is 1. The molecule has 0 spiro atoms. The van der Waals surface area contributed by atoms with Crippen LogP contribution in [0.5, 0.6) is 0 Å². The summed E-state index contributed by atoms with van der Waals surface area (Å²) in [6.07, 6.45) is 4.12. The summed E-state index contributed by atoms with van der Waals surface area (Å²) in [4.78, 5) is 15.4. The fourth-order valence-corrected chi connectivity index (χ4v) is 1.21. The van der Waals surface area contributed by atoms with Crippen LogP contribution in [0.2, 0.25) is 0 Å². The number of nitrogens with two attached hydrogens (primary N) is 1. The number of hydrogen-bond acceptors (Lipinski definition) is 3. The molecule has 0 radical (unpaired) electrons. The summed E-state index contributed by atoms with van der Waals surface area (Å²) < 4.78 is 0. The third-order valence-electron chi connectivity index (χ3n) is 2.08. The van der Waals surface area contributed by atoms with E-state index in [1.165, 1.54) is 0 Å². The Balaban J connectivity index is 2.52. The maximum atomic E-state index is 11.4. The highest BCUT2D eigenvalue weighted by atomic mass is 16.1. The number of unbranched alkanes of at least 4 members (excludes halogenated alkanes) is 1. The predicted molar refractivity (Wildman–Crippen MR) is 60.3 cm³/mol. The van der Waals surface area contributed by atoms with E-state index >= 15 is 0 Å². The molecule has 1 heterocycles. The molecule has 0 saturated heterocycles. The highest BCUT2D eigenvalue weighted by Crippen LogP contribution is 2.07. The topological polar surface area (TPSA) is 68.0 Å². The Hall–Kier alpha value is -1.42. The molecule has 4 heteroatoms. The third kappa shape index (κ3) is 4.08. The van der Waals surface area contributed by atoms with Crippen molar-refractivity contribution in [3.05, 3.63) is 23.9 Å². The second-order valence-corrected chi connectivity index (χ2v) is 3.41. The van der Waals surface area contributed by atoms with Crippen LogP contribution in [0.1, 0.15) is 31.7 Å². The Kier molecular flexibility index (Phi) is 4.77. The smallest absolute Gasteiger partial charge is 0.225 e. The minimum atomic E-state index is 0.0125. The van der Waals surface area contributed by atoms with Crippen molar-refractivity contribution < 1.29 is 4.79 Å². The SMILES string of the molecule is CCCCC(=O)Nc1cc(CN)ccn1. The number of rotatable bonds is 5. The van der Waals surface area contributed by atoms with E-state index in [4.69, 9.17) is 5.73 Å². The van der Waals surface area contributed by atoms with Crippen LogP contribution in [0.15, 0.2) is 18.3 Å². The maximum Gasteiger partial charge on any atom is 0.225 e. The number of nitrogens with zero attached hydrogens (tertiary/aromatic N) is 1. The van der Waals surface area contributed by atoms with Crippen molar-refractivity contribution in [2.75, 3.05) is 5.32 Å². The van der Waals surface area contributed by atoms with E-state index in [2.05, 4.69) is 17.2 Å². The standard InChI is InChI=1S/C11H17N3O/c1-2-3-4-11(15)14-10-7-9(8-12)5-6-13-10/h5-7H,2-4,8,12H2,1H3,(H,13,14,15). The lowest BCUT2D eigenvalue weighted by Crippen LogP contribution is -2.12. The van der Waals surface area contributed by atoms with Crippen LogP contribution in [0.4, 0.5) is 5.82 Å². The molecule has 1 aromatic rings. The average molecular weight is 207 g/mol. The summed E-state index contributed by atoms with van der Waals surface area (Å²) in [6.45, 7) is 2.51. The van der Waals surface area contributed by atoms with E-state index in [9.17, 15) is 4.79 Å². The number of pyridine rings is 1. The number of amides is 1. The summed E-state index contributed by atoms with van der Waals surface area (Å²) in [7, 11) is 0. The summed E-state index contributed by atoms with van der Waals surface area (Å²) in [5.74, 6) is 0.595. The van der Waals surface area contributed by atoms with Crippen molar-refractivity contribution in [3.8, 4) is 0 Å². The van der Waals surface area contributed by atoms with Crippen molar-refractivity contribution >= 4 is 11.7 Å². The van der Waals surface area contributed by atoms with Gasteiger partial charge in [-0.2, -0.15) is 0 Å². The second-order valence-electron chi connectivity index (χ2n) is 3.41. The molecule has 0 aliphatic rings. The first-order valence-electron chi connectivity index (χ1n) is 5.21. The molecule has 0 aliphatic heterocycles. The Morgan fingerprint density at radius 3 is 3.07 bits per heavy atom. The van der Waals surface area contributed by atoms with Gasteiger partial charge in [-0.3, -0.25) is 4.79 Å². The number of carbonyl (C=O) groups is 1. The third-order valence-corrected chi connectivity index (χ3v) is 2.08. The normalized spacial score (nSPS) is 10.0. The summed E-state index contributed by atoms with van der Waals surface area (Å²) in [5, 5.41) is 2.75. The van der Waals surface area contributed by atoms with E-state index in [-0.39, 0.29) is 5.91 Å². The molecule has 15 heavy (non-hydrogen) atoms. The highest BCUT2D eigenvalue weighted by molar-refractivity contribution is 5.89. The summed E-state index contributed by atoms with van der Waals surface area (Å²) in [5.41, 5.74) is 6.46. The molecule has 1 aromatic heterocycles. The molecule has 0 aliphatic carbocycles. The molecule has 3 N–H and O–H groups in total. The van der Waals surface area contributed by atoms with Crippen LogP contribution >= 0.6 is 0 Å². The van der Waals surface area contributed by atoms with Crippen molar-refractivity contribution in [1.82, 2.24) is 4.98 Å². The van der Waals surface area contributed by atoms with Gasteiger partial charge in [0.2, 0.25) is 5.91 Å². The number of carbonyl (C=O) groups excluding carboxylic acids is 1. The van der Waals surface area contributed by atoms with Gasteiger partial charge in [-0.25, -0.2) is 4.98 Å². The lowest BCUT2D eigenvalue weighted by Gasteiger charge is -2.04. The van der Waals surface area contributed by atoms with Crippen molar-refractivity contribution in [1.29, 1.82) is 0 Å². The predicted octanol–water partition coefficient (Wildman–Crippen LogP) is 1.67. The van der Waals surface area contributed by atoms with Crippen molar-refractivity contribution in [3.63, 3.8) is 0 Å². The number of nitrogens with one attached hydrogen (secondary N) is 1. The fraction of sp³-hybridized carbons (Fsp3) is 0.455. The molecule has 1 rings (SSSR count). The van der Waals surface area contributed by atoms with Crippen LogP contribution in [0.3, 0.4) is 0 Å². The Bertz CT molecular complexity index is 325. The van der Waals surface area contributed by atoms with Gasteiger partial charge in [0.25, 0.3) is 0 Å². The molecular formula is C11H17N3O. The quantitative estimate of drug-likeness (QED) is 0.771. The van der Waals surface area contributed by atoms with E-state index in [0.29, 0.717) is 18.8 Å². The lowest BCUT2D eigenvalue weighted by molar-refractivity contribution is -0.116. The van der Waals surface area contributed by atoms with E-state index < -0.39 is 0 Å². The Morgan fingerprint density at radius 1 is 1.60 bits per heavy atom. The Labute approximate surface area is 89.9 Å². The van der Waals surface area contributed by atoms with Crippen LogP contribution in [0, 0.1) is 0 Å². The van der Waals surface area contributed by atoms with E-state index in [1.54, 1.807) is 12.3 Å². The van der Waals surface area contributed by atoms with Gasteiger partial charge in [0.15, 0.2) is 0 Å². The van der Waals surface area contributed by atoms with Crippen LogP contribution in [-0.4, -0.2) is 10.9 Å². The van der Waals surface area contributed by atoms with Crippen molar-refractivity contribution in [2.45, 2.75) is 32.7 Å². The fourth-order valence-electron chi connectivity index (χ4n) is 1.21. The van der Waals surface area contributed by atoms with E-state index in [0.717, 1.165) is 18.4 Å². The van der Waals surface area contributed by atoms with Crippen LogP contribution in [0.25, 0.3) is 0 Å². The first kappa shape index (κ1) is 11.7. The molecule has 0 bridgehead atoms. The summed E-state index contributed by atoms with van der Waals surface area (Å²) in [6, 6.07) is 3.63. The van der Waals surface area contributed by atoms with Gasteiger partial charge >= 0.3 is 0 Å². The van der Waals surface area contributed by atoms with Crippen LogP contribution < -0.4 is 11.1 Å². The maximum absolute atomic E-state index is 11.4. The number of hydrogen-bond donors (Lipinski definition) is 2. The molecule has 4 nitrogen and oxygen atoms in total. The zero-order valence-corrected chi connectivity index (χ0v) is 8.99. The van der Waals surface area contributed by atoms with Gasteiger partial charge in [-0.15, -0.1) is 0 Å². The zero-order valence-electron chi connectivity index (χ0n) is 8.99. The molecule has 0 aromatic carbocycles. The average Bonchev–Trinajstić information content (AvgIpc) is 2.26. The monoisotopic (exact) mass is 207 g/mol. The van der Waals surface area contributed by atoms with E-state index in [1.807, 2.05) is 6.07 Å². The zero-order chi connectivity index (χ0) is 11.1. The van der Waals surface area contributed by atoms with Gasteiger partial charge in [0.05, 0.1) is 0 Å². The number of aromatic nitrogens is 1. The van der Waals surface area contributed by atoms with Gasteiger partial charge < -0.3 is 11.1 Å². The first-order chi connectivity index (χ1) is 7.26. The van der Waals surface area contributed by atoms with Gasteiger partial charge in [-0.05, 0) is 24.1 Å². The molecule has 82 valence electrons. The van der Waals surface area contributed by atoms with Crippen LogP contribution in [-0.2, 0) is 11.3 Å². The lowest BCUT2D eigenvalue weighted by atomic mass is 10.2. The molecular weight excluding hydrogens is 190 g/mol. The Morgan fingerprint density at radius 2 is 2.40 bits per heavy atom. The van der Waals surface area contributed by atoms with Gasteiger partial charge in [0, 0.05) is 19.2 Å². The molecule has 0 fully saturated rings. The van der Waals surface area contributed by atoms with Crippen molar-refractivity contribution in [2.24, 2.45) is 5.73 Å². The second kappa shape index (κ2) is 6.14. The summed E-state index contributed by atoms with van der Waals surface area (Å²) >= 11 is 0. The molecule has 0 atom stereocenters. The first-order valence-corrected chi connectivity index (χ1v) is 5.21. The molecule has 0 unspecified atom stereocenters. The molecule has 1 amide bonds. The van der Waals surface area contributed by atoms with Gasteiger partial charge in [-0.1, -0.05) is 13.3 Å². The molecule has 0 saturated carbocycles.